The van der Waals surface area contributed by atoms with Gasteiger partial charge >= 0.3 is 0 Å². The molecule has 0 spiro atoms. The van der Waals surface area contributed by atoms with E-state index in [1.165, 1.54) is 0 Å². The van der Waals surface area contributed by atoms with Crippen LogP contribution in [0.5, 0.6) is 0 Å². The number of aliphatic hydroxyl groups is 1. The van der Waals surface area contributed by atoms with Gasteiger partial charge in [0, 0.05) is 32.7 Å². The summed E-state index contributed by atoms with van der Waals surface area (Å²) in [6.07, 6.45) is 2.06. The van der Waals surface area contributed by atoms with Gasteiger partial charge in [0.2, 0.25) is 0 Å². The van der Waals surface area contributed by atoms with E-state index in [1.54, 1.807) is 0 Å². The lowest BCUT2D eigenvalue weighted by molar-refractivity contribution is 0.0843. The quantitative estimate of drug-likeness (QED) is 0.839. The highest BCUT2D eigenvalue weighted by atomic mass is 16.5. The predicted octanol–water partition coefficient (Wildman–Crippen LogP) is 0.799. The van der Waals surface area contributed by atoms with E-state index in [1.807, 2.05) is 24.1 Å². The van der Waals surface area contributed by atoms with Crippen LogP contribution in [0.3, 0.4) is 0 Å². The zero-order valence-corrected chi connectivity index (χ0v) is 10.2. The smallest absolute Gasteiger partial charge is 0.151 e. The topological polar surface area (TPSA) is 58.5 Å². The van der Waals surface area contributed by atoms with Gasteiger partial charge in [0.15, 0.2) is 5.82 Å². The normalized spacial score (nSPS) is 17.1. The Hall–Kier alpha value is -1.20. The van der Waals surface area contributed by atoms with Gasteiger partial charge in [-0.2, -0.15) is 5.10 Å². The van der Waals surface area contributed by atoms with Crippen LogP contribution in [0, 0.1) is 0 Å². The van der Waals surface area contributed by atoms with Crippen LogP contribution in [0.25, 0.3) is 0 Å². The number of anilines is 1. The molecular weight excluding hydrogens is 218 g/mol. The Labute approximate surface area is 101 Å². The third-order valence-corrected chi connectivity index (χ3v) is 3.14. The SMILES string of the molecule is CN(CCO)c1ccc(C2CCOCC2)nn1. The highest BCUT2D eigenvalue weighted by molar-refractivity contribution is 5.36. The molecule has 94 valence electrons. The van der Waals surface area contributed by atoms with Crippen molar-refractivity contribution in [1.29, 1.82) is 0 Å². The first-order valence-electron chi connectivity index (χ1n) is 6.04. The highest BCUT2D eigenvalue weighted by Crippen LogP contribution is 2.25. The number of hydrogen-bond acceptors (Lipinski definition) is 5. The predicted molar refractivity (Wildman–Crippen MR) is 65.2 cm³/mol. The Bertz CT molecular complexity index is 336. The molecule has 5 heteroatoms. The molecule has 0 aliphatic carbocycles. The third-order valence-electron chi connectivity index (χ3n) is 3.14. The Kier molecular flexibility index (Phi) is 4.28. The van der Waals surface area contributed by atoms with E-state index in [0.717, 1.165) is 37.6 Å². The average molecular weight is 237 g/mol. The molecule has 1 aliphatic rings. The summed E-state index contributed by atoms with van der Waals surface area (Å²) in [5.74, 6) is 1.28. The van der Waals surface area contributed by atoms with Crippen molar-refractivity contribution in [3.63, 3.8) is 0 Å². The molecule has 0 aromatic carbocycles. The van der Waals surface area contributed by atoms with Crippen molar-refractivity contribution in [3.05, 3.63) is 17.8 Å². The molecule has 0 unspecified atom stereocenters. The molecule has 5 nitrogen and oxygen atoms in total. The molecule has 0 atom stereocenters. The fraction of sp³-hybridized carbons (Fsp3) is 0.667. The number of rotatable bonds is 4. The number of likely N-dealkylation sites (N-methyl/N-ethyl adjacent to an activating group) is 1. The van der Waals surface area contributed by atoms with Crippen LogP contribution < -0.4 is 4.90 Å². The maximum Gasteiger partial charge on any atom is 0.151 e. The minimum absolute atomic E-state index is 0.125. The van der Waals surface area contributed by atoms with Crippen molar-refractivity contribution in [2.45, 2.75) is 18.8 Å². The third kappa shape index (κ3) is 3.14. The monoisotopic (exact) mass is 237 g/mol. The van der Waals surface area contributed by atoms with E-state index in [-0.39, 0.29) is 6.61 Å². The average Bonchev–Trinajstić information content (AvgIpc) is 2.40. The summed E-state index contributed by atoms with van der Waals surface area (Å²) >= 11 is 0. The van der Waals surface area contributed by atoms with Crippen molar-refractivity contribution in [1.82, 2.24) is 10.2 Å². The van der Waals surface area contributed by atoms with Gasteiger partial charge in [0.05, 0.1) is 12.3 Å². The second-order valence-electron chi connectivity index (χ2n) is 4.35. The molecule has 0 saturated carbocycles. The van der Waals surface area contributed by atoms with E-state index >= 15 is 0 Å². The molecule has 1 aliphatic heterocycles. The molecule has 1 fully saturated rings. The largest absolute Gasteiger partial charge is 0.395 e. The first-order chi connectivity index (χ1) is 8.31. The van der Waals surface area contributed by atoms with Gasteiger partial charge in [0.25, 0.3) is 0 Å². The van der Waals surface area contributed by atoms with Crippen LogP contribution >= 0.6 is 0 Å². The molecular formula is C12H19N3O2. The van der Waals surface area contributed by atoms with Crippen LogP contribution in [-0.4, -0.2) is 48.7 Å². The summed E-state index contributed by atoms with van der Waals surface area (Å²) in [6.45, 7) is 2.34. The first-order valence-corrected chi connectivity index (χ1v) is 6.04. The lowest BCUT2D eigenvalue weighted by atomic mass is 9.96. The zero-order valence-electron chi connectivity index (χ0n) is 10.2. The lowest BCUT2D eigenvalue weighted by Gasteiger charge is -2.22. The molecule has 0 amide bonds. The summed E-state index contributed by atoms with van der Waals surface area (Å²) in [5, 5.41) is 17.3. The van der Waals surface area contributed by atoms with Crippen molar-refractivity contribution in [2.75, 3.05) is 38.3 Å². The van der Waals surface area contributed by atoms with Crippen LogP contribution in [0.15, 0.2) is 12.1 Å². The maximum atomic E-state index is 8.85. The maximum absolute atomic E-state index is 8.85. The summed E-state index contributed by atoms with van der Waals surface area (Å²) < 4.78 is 5.33. The van der Waals surface area contributed by atoms with Gasteiger partial charge < -0.3 is 14.7 Å². The molecule has 0 radical (unpaired) electrons. The van der Waals surface area contributed by atoms with E-state index in [4.69, 9.17) is 9.84 Å². The molecule has 1 saturated heterocycles. The van der Waals surface area contributed by atoms with Gasteiger partial charge in [-0.25, -0.2) is 0 Å². The first kappa shape index (κ1) is 12.3. The standard InChI is InChI=1S/C12H19N3O2/c1-15(6-7-16)12-3-2-11(13-14-12)10-4-8-17-9-5-10/h2-3,10,16H,4-9H2,1H3. The van der Waals surface area contributed by atoms with Crippen molar-refractivity contribution in [3.8, 4) is 0 Å². The second-order valence-corrected chi connectivity index (χ2v) is 4.35. The molecule has 1 aromatic rings. The fourth-order valence-electron chi connectivity index (χ4n) is 2.01. The van der Waals surface area contributed by atoms with Gasteiger partial charge in [0.1, 0.15) is 0 Å². The summed E-state index contributed by atoms with van der Waals surface area (Å²) in [7, 11) is 1.90. The van der Waals surface area contributed by atoms with Gasteiger partial charge in [-0.1, -0.05) is 0 Å². The van der Waals surface area contributed by atoms with E-state index < -0.39 is 0 Å². The van der Waals surface area contributed by atoms with Crippen molar-refractivity contribution < 1.29 is 9.84 Å². The number of aliphatic hydroxyl groups excluding tert-OH is 1. The van der Waals surface area contributed by atoms with E-state index in [0.29, 0.717) is 12.5 Å². The molecule has 0 bridgehead atoms. The van der Waals surface area contributed by atoms with Crippen molar-refractivity contribution >= 4 is 5.82 Å². The fourth-order valence-corrected chi connectivity index (χ4v) is 2.01. The zero-order chi connectivity index (χ0) is 12.1. The molecule has 17 heavy (non-hydrogen) atoms. The molecule has 1 aromatic heterocycles. The Balaban J connectivity index is 2.01. The van der Waals surface area contributed by atoms with Gasteiger partial charge in [-0.3, -0.25) is 0 Å². The molecule has 1 N–H and O–H groups in total. The Morgan fingerprint density at radius 3 is 2.71 bits per heavy atom. The Morgan fingerprint density at radius 2 is 2.12 bits per heavy atom. The summed E-state index contributed by atoms with van der Waals surface area (Å²) in [4.78, 5) is 1.89. The molecule has 2 rings (SSSR count). The van der Waals surface area contributed by atoms with Crippen LogP contribution in [-0.2, 0) is 4.74 Å². The second kappa shape index (κ2) is 5.93. The van der Waals surface area contributed by atoms with Crippen LogP contribution in [0.4, 0.5) is 5.82 Å². The highest BCUT2D eigenvalue weighted by Gasteiger charge is 2.17. The summed E-state index contributed by atoms with van der Waals surface area (Å²) in [5.41, 5.74) is 1.05. The number of nitrogens with zero attached hydrogens (tertiary/aromatic N) is 3. The Morgan fingerprint density at radius 1 is 1.35 bits per heavy atom. The molecule has 2 heterocycles. The van der Waals surface area contributed by atoms with Gasteiger partial charge in [-0.05, 0) is 25.0 Å². The number of hydrogen-bond donors (Lipinski definition) is 1. The van der Waals surface area contributed by atoms with Crippen molar-refractivity contribution in [2.24, 2.45) is 0 Å². The minimum Gasteiger partial charge on any atom is -0.395 e. The van der Waals surface area contributed by atoms with E-state index in [9.17, 15) is 0 Å². The van der Waals surface area contributed by atoms with Crippen LogP contribution in [0.1, 0.15) is 24.5 Å². The summed E-state index contributed by atoms with van der Waals surface area (Å²) in [6, 6.07) is 4.00. The van der Waals surface area contributed by atoms with Crippen LogP contribution in [0.2, 0.25) is 0 Å². The minimum atomic E-state index is 0.125. The van der Waals surface area contributed by atoms with Gasteiger partial charge in [-0.15, -0.1) is 5.10 Å². The lowest BCUT2D eigenvalue weighted by Crippen LogP contribution is -2.23. The number of ether oxygens (including phenoxy) is 1. The van der Waals surface area contributed by atoms with E-state index in [2.05, 4.69) is 10.2 Å². The number of aromatic nitrogens is 2.